The second-order valence-corrected chi connectivity index (χ2v) is 7.86. The molecule has 0 radical (unpaired) electrons. The molecule has 1 aromatic heterocycles. The molecule has 8 heteroatoms. The maximum absolute atomic E-state index is 15.0. The van der Waals surface area contributed by atoms with E-state index in [1.807, 2.05) is 9.47 Å². The molecule has 1 aliphatic carbocycles. The molecule has 2 aliphatic rings. The fourth-order valence-electron chi connectivity index (χ4n) is 3.82. The lowest BCUT2D eigenvalue weighted by molar-refractivity contribution is 0.0781. The fraction of sp³-hybridized carbons (Fsp3) is 0.500. The monoisotopic (exact) mass is 407 g/mol. The van der Waals surface area contributed by atoms with Crippen LogP contribution in [0, 0.1) is 5.82 Å². The predicted molar refractivity (Wildman–Crippen MR) is 107 cm³/mol. The van der Waals surface area contributed by atoms with Gasteiger partial charge in [-0.1, -0.05) is 11.6 Å². The quantitative estimate of drug-likeness (QED) is 0.745. The molecule has 1 atom stereocenters. The average Bonchev–Trinajstić information content (AvgIpc) is 3.42. The smallest absolute Gasteiger partial charge is 0.200 e. The maximum atomic E-state index is 15.0. The molecule has 1 aromatic carbocycles. The Balaban J connectivity index is 1.92. The van der Waals surface area contributed by atoms with Gasteiger partial charge in [0.2, 0.25) is 0 Å². The van der Waals surface area contributed by atoms with Crippen LogP contribution in [0.3, 0.4) is 0 Å². The Labute approximate surface area is 167 Å². The summed E-state index contributed by atoms with van der Waals surface area (Å²) < 4.78 is 22.0. The molecular weight excluding hydrogens is 385 g/mol. The SMILES string of the molecule is CCOCC(=O)c1cn(C2CC2)c2c(Cl)c(N3CC[C@@H](N)C3)c(F)cc2c1=O. The van der Waals surface area contributed by atoms with E-state index in [4.69, 9.17) is 22.1 Å². The predicted octanol–water partition coefficient (Wildman–Crippen LogP) is 2.89. The summed E-state index contributed by atoms with van der Waals surface area (Å²) in [5.41, 5.74) is 6.24. The summed E-state index contributed by atoms with van der Waals surface area (Å²) in [7, 11) is 0. The number of ketones is 1. The minimum atomic E-state index is -0.569. The zero-order chi connectivity index (χ0) is 20.0. The number of ether oxygens (including phenoxy) is 1. The van der Waals surface area contributed by atoms with Crippen LogP contribution in [-0.2, 0) is 4.74 Å². The summed E-state index contributed by atoms with van der Waals surface area (Å²) in [5.74, 6) is -0.977. The first-order chi connectivity index (χ1) is 13.4. The Morgan fingerprint density at radius 2 is 2.14 bits per heavy atom. The molecule has 2 N–H and O–H groups in total. The molecular formula is C20H23ClFN3O3. The number of nitrogens with two attached hydrogens (primary N) is 1. The number of Topliss-reactive ketones (excluding diaryl/α,β-unsaturated/α-hetero) is 1. The van der Waals surface area contributed by atoms with Crippen LogP contribution < -0.4 is 16.1 Å². The van der Waals surface area contributed by atoms with Crippen molar-refractivity contribution in [1.82, 2.24) is 4.57 Å². The van der Waals surface area contributed by atoms with Crippen LogP contribution in [0.1, 0.15) is 42.6 Å². The summed E-state index contributed by atoms with van der Waals surface area (Å²) in [6.07, 6.45) is 4.17. The van der Waals surface area contributed by atoms with E-state index in [2.05, 4.69) is 0 Å². The Morgan fingerprint density at radius 3 is 2.75 bits per heavy atom. The van der Waals surface area contributed by atoms with Crippen LogP contribution in [0.15, 0.2) is 17.1 Å². The van der Waals surface area contributed by atoms with Gasteiger partial charge in [-0.2, -0.15) is 0 Å². The third-order valence-electron chi connectivity index (χ3n) is 5.40. The van der Waals surface area contributed by atoms with Gasteiger partial charge in [0, 0.05) is 38.0 Å². The summed E-state index contributed by atoms with van der Waals surface area (Å²) in [4.78, 5) is 27.3. The Hall–Kier alpha value is -1.96. The third-order valence-corrected chi connectivity index (χ3v) is 5.76. The molecule has 1 saturated heterocycles. The molecule has 0 bridgehead atoms. The topological polar surface area (TPSA) is 77.6 Å². The van der Waals surface area contributed by atoms with Crippen molar-refractivity contribution in [3.8, 4) is 0 Å². The lowest BCUT2D eigenvalue weighted by Gasteiger charge is -2.23. The van der Waals surface area contributed by atoms with Gasteiger partial charge in [0.05, 0.1) is 27.2 Å². The highest BCUT2D eigenvalue weighted by molar-refractivity contribution is 6.38. The Morgan fingerprint density at radius 1 is 1.39 bits per heavy atom. The number of fused-ring (bicyclic) bond motifs is 1. The molecule has 1 aliphatic heterocycles. The van der Waals surface area contributed by atoms with Gasteiger partial charge in [-0.15, -0.1) is 0 Å². The summed E-state index contributed by atoms with van der Waals surface area (Å²) >= 11 is 6.65. The van der Waals surface area contributed by atoms with Crippen LogP contribution in [-0.4, -0.2) is 42.7 Å². The van der Waals surface area contributed by atoms with Crippen LogP contribution >= 0.6 is 11.6 Å². The van der Waals surface area contributed by atoms with Crippen molar-refractivity contribution in [2.75, 3.05) is 31.2 Å². The minimum Gasteiger partial charge on any atom is -0.374 e. The van der Waals surface area contributed by atoms with Crippen LogP contribution in [0.25, 0.3) is 10.9 Å². The van der Waals surface area contributed by atoms with Crippen molar-refractivity contribution < 1.29 is 13.9 Å². The zero-order valence-corrected chi connectivity index (χ0v) is 16.5. The van der Waals surface area contributed by atoms with Crippen molar-refractivity contribution >= 4 is 34.0 Å². The second-order valence-electron chi connectivity index (χ2n) is 7.48. The molecule has 0 amide bonds. The van der Waals surface area contributed by atoms with Gasteiger partial charge < -0.3 is 19.9 Å². The number of hydrogen-bond acceptors (Lipinski definition) is 5. The van der Waals surface area contributed by atoms with Gasteiger partial charge in [-0.25, -0.2) is 4.39 Å². The minimum absolute atomic E-state index is 0.0132. The van der Waals surface area contributed by atoms with Gasteiger partial charge in [0.25, 0.3) is 0 Å². The highest BCUT2D eigenvalue weighted by Crippen LogP contribution is 2.42. The van der Waals surface area contributed by atoms with Crippen molar-refractivity contribution in [3.63, 3.8) is 0 Å². The molecule has 2 heterocycles. The van der Waals surface area contributed by atoms with E-state index in [9.17, 15) is 14.0 Å². The summed E-state index contributed by atoms with van der Waals surface area (Å²) in [6.45, 7) is 3.10. The van der Waals surface area contributed by atoms with E-state index >= 15 is 0 Å². The average molecular weight is 408 g/mol. The van der Waals surface area contributed by atoms with Crippen molar-refractivity contribution in [2.45, 2.75) is 38.3 Å². The number of anilines is 1. The van der Waals surface area contributed by atoms with Crippen molar-refractivity contribution in [3.05, 3.63) is 38.9 Å². The number of rotatable bonds is 6. The van der Waals surface area contributed by atoms with E-state index in [1.54, 1.807) is 13.1 Å². The number of hydrogen-bond donors (Lipinski definition) is 1. The van der Waals surface area contributed by atoms with Gasteiger partial charge >= 0.3 is 0 Å². The molecule has 4 rings (SSSR count). The molecule has 1 saturated carbocycles. The number of carbonyl (C=O) groups excluding carboxylic acids is 1. The first-order valence-corrected chi connectivity index (χ1v) is 9.98. The summed E-state index contributed by atoms with van der Waals surface area (Å²) in [6, 6.07) is 1.33. The van der Waals surface area contributed by atoms with Gasteiger partial charge in [0.1, 0.15) is 12.4 Å². The number of benzene rings is 1. The lowest BCUT2D eigenvalue weighted by Crippen LogP contribution is -2.28. The maximum Gasteiger partial charge on any atom is 0.200 e. The van der Waals surface area contributed by atoms with Crippen molar-refractivity contribution in [1.29, 1.82) is 0 Å². The fourth-order valence-corrected chi connectivity index (χ4v) is 4.23. The van der Waals surface area contributed by atoms with E-state index in [-0.39, 0.29) is 40.4 Å². The number of pyridine rings is 1. The Kier molecular flexibility index (Phi) is 5.16. The molecule has 150 valence electrons. The number of nitrogens with zero attached hydrogens (tertiary/aromatic N) is 2. The third kappa shape index (κ3) is 3.32. The van der Waals surface area contributed by atoms with Crippen LogP contribution in [0.4, 0.5) is 10.1 Å². The number of halogens is 2. The first kappa shape index (κ1) is 19.4. The molecule has 0 spiro atoms. The Bertz CT molecular complexity index is 1000. The lowest BCUT2D eigenvalue weighted by atomic mass is 10.1. The zero-order valence-electron chi connectivity index (χ0n) is 15.7. The second kappa shape index (κ2) is 7.46. The molecule has 2 fully saturated rings. The van der Waals surface area contributed by atoms with Crippen LogP contribution in [0.5, 0.6) is 0 Å². The largest absolute Gasteiger partial charge is 0.374 e. The number of carbonyl (C=O) groups is 1. The molecule has 6 nitrogen and oxygen atoms in total. The standard InChI is InChI=1S/C20H23ClFN3O3/c1-2-28-10-16(26)14-9-25(12-3-4-12)18-13(20(14)27)7-15(22)19(17(18)21)24-6-5-11(23)8-24/h7,9,11-12H,2-6,8,10,23H2,1H3/t11-/m1/s1. The van der Waals surface area contributed by atoms with Gasteiger partial charge in [-0.3, -0.25) is 9.59 Å². The van der Waals surface area contributed by atoms with E-state index < -0.39 is 17.0 Å². The van der Waals surface area contributed by atoms with Gasteiger partial charge in [-0.05, 0) is 32.3 Å². The van der Waals surface area contributed by atoms with E-state index in [0.29, 0.717) is 25.2 Å². The molecule has 0 unspecified atom stereocenters. The molecule has 28 heavy (non-hydrogen) atoms. The van der Waals surface area contributed by atoms with Crippen LogP contribution in [0.2, 0.25) is 5.02 Å². The normalized spacial score (nSPS) is 19.6. The molecule has 2 aromatic rings. The van der Waals surface area contributed by atoms with E-state index in [1.165, 1.54) is 6.07 Å². The number of aromatic nitrogens is 1. The highest BCUT2D eigenvalue weighted by atomic mass is 35.5. The first-order valence-electron chi connectivity index (χ1n) is 9.60. The van der Waals surface area contributed by atoms with E-state index in [0.717, 1.165) is 19.3 Å². The summed E-state index contributed by atoms with van der Waals surface area (Å²) in [5, 5.41) is 0.334. The van der Waals surface area contributed by atoms with Gasteiger partial charge in [0.15, 0.2) is 11.2 Å². The van der Waals surface area contributed by atoms with Crippen molar-refractivity contribution in [2.24, 2.45) is 5.73 Å². The highest BCUT2D eigenvalue weighted by Gasteiger charge is 2.31.